The van der Waals surface area contributed by atoms with E-state index in [1.807, 2.05) is 6.92 Å². The fraction of sp³-hybridized carbons (Fsp3) is 0.400. The third kappa shape index (κ3) is 2.74. The van der Waals surface area contributed by atoms with Gasteiger partial charge in [-0.2, -0.15) is 13.2 Å². The maximum Gasteiger partial charge on any atom is 0.490 e. The molecule has 0 saturated carbocycles. The van der Waals surface area contributed by atoms with Crippen LogP contribution in [0.2, 0.25) is 0 Å². The van der Waals surface area contributed by atoms with E-state index in [-0.39, 0.29) is 0 Å². The van der Waals surface area contributed by atoms with Crippen LogP contribution in [0.4, 0.5) is 13.2 Å². The number of aromatic amines is 1. The zero-order valence-corrected chi connectivity index (χ0v) is 12.5. The van der Waals surface area contributed by atoms with Crippen LogP contribution >= 0.6 is 0 Å². The minimum Gasteiger partial charge on any atom is -0.492 e. The average Bonchev–Trinajstić information content (AvgIpc) is 2.89. The van der Waals surface area contributed by atoms with E-state index in [2.05, 4.69) is 4.98 Å². The number of fused-ring (bicyclic) bond motifs is 3. The summed E-state index contributed by atoms with van der Waals surface area (Å²) in [4.78, 5) is 15.9. The molecule has 0 amide bonds. The minimum absolute atomic E-state index is 0.291. The van der Waals surface area contributed by atoms with Crippen molar-refractivity contribution in [3.05, 3.63) is 29.5 Å². The summed E-state index contributed by atoms with van der Waals surface area (Å²) < 4.78 is 48.2. The Morgan fingerprint density at radius 1 is 1.48 bits per heavy atom. The van der Waals surface area contributed by atoms with E-state index in [1.165, 1.54) is 4.90 Å². The van der Waals surface area contributed by atoms with Crippen molar-refractivity contribution in [1.29, 1.82) is 0 Å². The molecule has 0 fully saturated rings. The second-order valence-corrected chi connectivity index (χ2v) is 5.46. The number of esters is 1. The highest BCUT2D eigenvalue weighted by atomic mass is 19.4. The first kappa shape index (κ1) is 15.7. The van der Waals surface area contributed by atoms with E-state index in [0.717, 1.165) is 11.1 Å². The van der Waals surface area contributed by atoms with Crippen molar-refractivity contribution in [2.45, 2.75) is 19.3 Å². The van der Waals surface area contributed by atoms with Crippen LogP contribution in [0.3, 0.4) is 0 Å². The third-order valence-corrected chi connectivity index (χ3v) is 3.84. The van der Waals surface area contributed by atoms with Gasteiger partial charge in [0, 0.05) is 23.6 Å². The number of hydrogen-bond donors (Lipinski definition) is 1. The molecule has 124 valence electrons. The molecule has 2 heterocycles. The zero-order valence-electron chi connectivity index (χ0n) is 12.5. The van der Waals surface area contributed by atoms with Crippen LogP contribution in [0.5, 0.6) is 5.75 Å². The lowest BCUT2D eigenvalue weighted by Crippen LogP contribution is -2.34. The molecule has 23 heavy (non-hydrogen) atoms. The summed E-state index contributed by atoms with van der Waals surface area (Å²) in [6.45, 7) is 2.49. The molecule has 1 aromatic heterocycles. The van der Waals surface area contributed by atoms with Gasteiger partial charge >= 0.3 is 12.1 Å². The molecule has 5 nitrogen and oxygen atoms in total. The van der Waals surface area contributed by atoms with Crippen LogP contribution in [0.25, 0.3) is 10.9 Å². The summed E-state index contributed by atoms with van der Waals surface area (Å²) in [7, 11) is 1.59. The van der Waals surface area contributed by atoms with Gasteiger partial charge in [0.1, 0.15) is 12.4 Å². The highest BCUT2D eigenvalue weighted by molar-refractivity contribution is 5.89. The molecule has 1 aliphatic heterocycles. The van der Waals surface area contributed by atoms with Gasteiger partial charge in [0.2, 0.25) is 0 Å². The largest absolute Gasteiger partial charge is 0.492 e. The Balaban J connectivity index is 2.13. The molecule has 8 heteroatoms. The molecule has 0 bridgehead atoms. The Hall–Kier alpha value is -2.22. The van der Waals surface area contributed by atoms with Gasteiger partial charge in [-0.15, -0.1) is 0 Å². The Labute approximate surface area is 130 Å². The minimum atomic E-state index is -5.05. The number of nitrogens with one attached hydrogen (secondary N) is 1. The maximum atomic E-state index is 12.6. The number of H-pyrrole nitrogens is 1. The SMILES string of the molecule is Cc1cc2c(c3cc[nH]c13)C(OC(=O)C(F)(F)F)N(C)CCO2. The summed E-state index contributed by atoms with van der Waals surface area (Å²) in [6, 6.07) is 3.47. The Morgan fingerprint density at radius 2 is 2.22 bits per heavy atom. The monoisotopic (exact) mass is 328 g/mol. The van der Waals surface area contributed by atoms with Gasteiger partial charge in [0.25, 0.3) is 0 Å². The van der Waals surface area contributed by atoms with Crippen LogP contribution in [0.1, 0.15) is 17.4 Å². The smallest absolute Gasteiger partial charge is 0.490 e. The van der Waals surface area contributed by atoms with Crippen molar-refractivity contribution in [2.75, 3.05) is 20.2 Å². The predicted molar refractivity (Wildman–Crippen MR) is 76.0 cm³/mol. The third-order valence-electron chi connectivity index (χ3n) is 3.84. The molecule has 0 spiro atoms. The summed E-state index contributed by atoms with van der Waals surface area (Å²) >= 11 is 0. The van der Waals surface area contributed by atoms with Crippen molar-refractivity contribution in [3.8, 4) is 5.75 Å². The normalized spacial score (nSPS) is 19.1. The standard InChI is InChI=1S/C15H15F3N2O3/c1-8-7-10-11(9-3-4-19-12(8)9)13(20(2)5-6-22-10)23-14(21)15(16,17)18/h3-4,7,13,19H,5-6H2,1-2H3. The van der Waals surface area contributed by atoms with E-state index in [4.69, 9.17) is 9.47 Å². The van der Waals surface area contributed by atoms with E-state index < -0.39 is 18.4 Å². The lowest BCUT2D eigenvalue weighted by atomic mass is 10.0. The fourth-order valence-electron chi connectivity index (χ4n) is 2.73. The summed E-state index contributed by atoms with van der Waals surface area (Å²) in [6.07, 6.45) is -4.53. The number of ether oxygens (including phenoxy) is 2. The summed E-state index contributed by atoms with van der Waals surface area (Å²) in [5.41, 5.74) is 2.09. The Bertz CT molecular complexity index is 754. The second kappa shape index (κ2) is 5.45. The van der Waals surface area contributed by atoms with Gasteiger partial charge in [-0.25, -0.2) is 4.79 Å². The number of rotatable bonds is 1. The van der Waals surface area contributed by atoms with Crippen molar-refractivity contribution in [2.24, 2.45) is 0 Å². The lowest BCUT2D eigenvalue weighted by molar-refractivity contribution is -0.212. The van der Waals surface area contributed by atoms with E-state index in [9.17, 15) is 18.0 Å². The van der Waals surface area contributed by atoms with Crippen molar-refractivity contribution < 1.29 is 27.4 Å². The van der Waals surface area contributed by atoms with Gasteiger partial charge in [0.05, 0.1) is 5.56 Å². The Morgan fingerprint density at radius 3 is 2.91 bits per heavy atom. The van der Waals surface area contributed by atoms with Crippen molar-refractivity contribution in [1.82, 2.24) is 9.88 Å². The molecular formula is C15H15F3N2O3. The molecule has 0 saturated heterocycles. The number of aromatic nitrogens is 1. The van der Waals surface area contributed by atoms with Crippen molar-refractivity contribution in [3.63, 3.8) is 0 Å². The zero-order chi connectivity index (χ0) is 16.8. The second-order valence-electron chi connectivity index (χ2n) is 5.46. The van der Waals surface area contributed by atoms with E-state index in [0.29, 0.717) is 29.9 Å². The van der Waals surface area contributed by atoms with Gasteiger partial charge in [-0.1, -0.05) is 0 Å². The Kier molecular flexibility index (Phi) is 3.71. The molecule has 0 radical (unpaired) electrons. The lowest BCUT2D eigenvalue weighted by Gasteiger charge is -2.26. The number of benzene rings is 1. The quantitative estimate of drug-likeness (QED) is 0.818. The number of nitrogens with zero attached hydrogens (tertiary/aromatic N) is 1. The topological polar surface area (TPSA) is 54.6 Å². The van der Waals surface area contributed by atoms with Crippen LogP contribution in [-0.4, -0.2) is 42.2 Å². The molecule has 1 N–H and O–H groups in total. The first-order valence-corrected chi connectivity index (χ1v) is 7.00. The first-order valence-electron chi connectivity index (χ1n) is 7.00. The van der Waals surface area contributed by atoms with E-state index in [1.54, 1.807) is 25.4 Å². The average molecular weight is 328 g/mol. The summed E-state index contributed by atoms with van der Waals surface area (Å²) in [5.74, 6) is -1.79. The van der Waals surface area contributed by atoms with Crippen molar-refractivity contribution >= 4 is 16.9 Å². The number of hydrogen-bond acceptors (Lipinski definition) is 4. The maximum absolute atomic E-state index is 12.6. The van der Waals surface area contributed by atoms with Gasteiger partial charge in [-0.3, -0.25) is 4.90 Å². The van der Waals surface area contributed by atoms with Gasteiger partial charge < -0.3 is 14.5 Å². The van der Waals surface area contributed by atoms with Gasteiger partial charge in [0.15, 0.2) is 6.23 Å². The molecule has 1 aromatic carbocycles. The molecule has 1 aliphatic rings. The first-order chi connectivity index (χ1) is 10.8. The molecule has 1 atom stereocenters. The predicted octanol–water partition coefficient (Wildman–Crippen LogP) is 2.90. The fourth-order valence-corrected chi connectivity index (χ4v) is 2.73. The number of carbonyl (C=O) groups excluding carboxylic acids is 1. The number of alkyl halides is 3. The van der Waals surface area contributed by atoms with Crippen LogP contribution < -0.4 is 4.74 Å². The number of halogens is 3. The molecule has 0 aliphatic carbocycles. The number of carbonyl (C=O) groups is 1. The molecule has 3 rings (SSSR count). The van der Waals surface area contributed by atoms with E-state index >= 15 is 0 Å². The number of aryl methyl sites for hydroxylation is 1. The number of likely N-dealkylation sites (N-methyl/N-ethyl adjacent to an activating group) is 1. The molecular weight excluding hydrogens is 313 g/mol. The van der Waals surface area contributed by atoms with Crippen LogP contribution in [-0.2, 0) is 9.53 Å². The molecule has 1 unspecified atom stereocenters. The highest BCUT2D eigenvalue weighted by Crippen LogP contribution is 2.40. The summed E-state index contributed by atoms with van der Waals surface area (Å²) in [5, 5.41) is 0.675. The van der Waals surface area contributed by atoms with Crippen LogP contribution in [0.15, 0.2) is 18.3 Å². The highest BCUT2D eigenvalue weighted by Gasteiger charge is 2.44. The molecule has 2 aromatic rings. The van der Waals surface area contributed by atoms with Gasteiger partial charge in [-0.05, 0) is 31.7 Å². The van der Waals surface area contributed by atoms with Crippen LogP contribution in [0, 0.1) is 6.92 Å².